The van der Waals surface area contributed by atoms with Gasteiger partial charge in [-0.1, -0.05) is 0 Å². The van der Waals surface area contributed by atoms with Crippen LogP contribution >= 0.6 is 0 Å². The van der Waals surface area contributed by atoms with E-state index in [1.807, 2.05) is 18.3 Å². The molecule has 2 N–H and O–H groups in total. The van der Waals surface area contributed by atoms with Crippen LogP contribution in [0, 0.1) is 0 Å². The number of hydrogen-bond donors (Lipinski definition) is 2. The van der Waals surface area contributed by atoms with Crippen LogP contribution in [-0.2, 0) is 4.74 Å². The van der Waals surface area contributed by atoms with Gasteiger partial charge in [-0.3, -0.25) is 10.2 Å². The Balaban J connectivity index is 1.19. The maximum atomic E-state index is 11.1. The van der Waals surface area contributed by atoms with Crippen LogP contribution in [0.15, 0.2) is 30.5 Å². The summed E-state index contributed by atoms with van der Waals surface area (Å²) < 4.78 is 8.27. The molecule has 1 aliphatic carbocycles. The summed E-state index contributed by atoms with van der Waals surface area (Å²) in [4.78, 5) is 28.7. The lowest BCUT2D eigenvalue weighted by Gasteiger charge is -2.41. The molecule has 2 aromatic heterocycles. The van der Waals surface area contributed by atoms with Crippen molar-refractivity contribution in [2.45, 2.75) is 62.8 Å². The van der Waals surface area contributed by atoms with Crippen LogP contribution in [0.2, 0.25) is 0 Å². The highest BCUT2D eigenvalue weighted by atomic mass is 16.5. The van der Waals surface area contributed by atoms with Crippen molar-refractivity contribution in [3.05, 3.63) is 30.5 Å². The fourth-order valence-electron chi connectivity index (χ4n) is 7.02. The monoisotopic (exact) mass is 546 g/mol. The second-order valence-corrected chi connectivity index (χ2v) is 11.9. The van der Waals surface area contributed by atoms with Gasteiger partial charge in [-0.05, 0) is 69.8 Å². The number of nitrogens with one attached hydrogen (secondary N) is 1. The van der Waals surface area contributed by atoms with Crippen molar-refractivity contribution < 1.29 is 14.6 Å². The van der Waals surface area contributed by atoms with E-state index in [0.29, 0.717) is 23.6 Å². The summed E-state index contributed by atoms with van der Waals surface area (Å²) in [5.74, 6) is 1.56. The van der Waals surface area contributed by atoms with Crippen molar-refractivity contribution in [2.24, 2.45) is 0 Å². The summed E-state index contributed by atoms with van der Waals surface area (Å²) in [6.45, 7) is 6.29. The number of hydrogen-bond acceptors (Lipinski definition) is 8. The molecule has 7 rings (SSSR count). The number of nitrogens with zero attached hydrogens (tertiary/aromatic N) is 7. The molecule has 4 fully saturated rings. The number of morpholine rings is 1. The highest BCUT2D eigenvalue weighted by Crippen LogP contribution is 2.37. The molecule has 0 radical (unpaired) electrons. The zero-order chi connectivity index (χ0) is 27.2. The quantitative estimate of drug-likeness (QED) is 0.495. The Morgan fingerprint density at radius 2 is 1.60 bits per heavy atom. The van der Waals surface area contributed by atoms with Crippen LogP contribution in [0.3, 0.4) is 0 Å². The van der Waals surface area contributed by atoms with Crippen LogP contribution < -0.4 is 10.2 Å². The highest BCUT2D eigenvalue weighted by Gasteiger charge is 2.36. The Hall–Kier alpha value is -3.28. The first-order chi connectivity index (χ1) is 19.5. The molecule has 1 saturated carbocycles. The van der Waals surface area contributed by atoms with Crippen LogP contribution in [0.5, 0.6) is 0 Å². The minimum Gasteiger partial charge on any atom is -0.465 e. The minimum atomic E-state index is -1.08. The molecule has 3 aliphatic heterocycles. The van der Waals surface area contributed by atoms with E-state index in [1.54, 1.807) is 12.1 Å². The Bertz CT molecular complexity index is 1350. The summed E-state index contributed by atoms with van der Waals surface area (Å²) in [6.07, 6.45) is 8.11. The van der Waals surface area contributed by atoms with Gasteiger partial charge in [0.1, 0.15) is 5.82 Å². The van der Waals surface area contributed by atoms with Gasteiger partial charge in [0, 0.05) is 56.6 Å². The summed E-state index contributed by atoms with van der Waals surface area (Å²) in [6, 6.07) is 8.24. The van der Waals surface area contributed by atoms with E-state index in [9.17, 15) is 4.79 Å². The zero-order valence-corrected chi connectivity index (χ0v) is 23.1. The molecule has 2 bridgehead atoms. The number of aromatic nitrogens is 4. The van der Waals surface area contributed by atoms with Gasteiger partial charge >= 0.3 is 6.09 Å². The maximum absolute atomic E-state index is 11.1. The zero-order valence-electron chi connectivity index (χ0n) is 23.1. The molecule has 0 spiro atoms. The highest BCUT2D eigenvalue weighted by molar-refractivity contribution is 5.89. The first-order valence-electron chi connectivity index (χ1n) is 14.7. The van der Waals surface area contributed by atoms with E-state index in [0.717, 1.165) is 74.3 Å². The van der Waals surface area contributed by atoms with Crippen molar-refractivity contribution in [3.8, 4) is 11.4 Å². The number of carbonyl (C=O) groups is 1. The van der Waals surface area contributed by atoms with Crippen LogP contribution in [-0.4, -0.2) is 105 Å². The predicted octanol–water partition coefficient (Wildman–Crippen LogP) is 3.68. The van der Waals surface area contributed by atoms with Crippen LogP contribution in [0.4, 0.5) is 16.3 Å². The number of carboxylic acid groups (broad SMARTS) is 1. The van der Waals surface area contributed by atoms with E-state index in [4.69, 9.17) is 24.9 Å². The van der Waals surface area contributed by atoms with Gasteiger partial charge < -0.3 is 19.6 Å². The first kappa shape index (κ1) is 25.7. The molecule has 3 saturated heterocycles. The van der Waals surface area contributed by atoms with Gasteiger partial charge in [0.15, 0.2) is 11.5 Å². The van der Waals surface area contributed by atoms with Crippen molar-refractivity contribution in [2.75, 3.05) is 56.5 Å². The number of likely N-dealkylation sites (N-methyl/N-ethyl adjacent to an activating group) is 1. The van der Waals surface area contributed by atoms with E-state index in [-0.39, 0.29) is 12.2 Å². The van der Waals surface area contributed by atoms with E-state index in [1.165, 1.54) is 25.9 Å². The molecule has 2 unspecified atom stereocenters. The van der Waals surface area contributed by atoms with Crippen LogP contribution in [0.1, 0.15) is 44.6 Å². The standard InChI is InChI=1S/C29H38N8O3/c1-34-12-14-35(15-13-34)21-6-8-22(9-7-21)37-28-25(16-30-37)27(36-17-23-10-11-24(18-36)40-23)32-26(33-28)19-2-4-20(5-3-19)31-29(38)39/h2-5,16,21-24,31H,6-15,17-18H2,1H3,(H,38,39). The molecule has 40 heavy (non-hydrogen) atoms. The third-order valence-electron chi connectivity index (χ3n) is 9.24. The van der Waals surface area contributed by atoms with Gasteiger partial charge in [-0.15, -0.1) is 0 Å². The number of fused-ring (bicyclic) bond motifs is 3. The van der Waals surface area contributed by atoms with E-state index in [2.05, 4.69) is 31.7 Å². The van der Waals surface area contributed by atoms with Crippen molar-refractivity contribution >= 4 is 28.6 Å². The molecule has 1 amide bonds. The number of amides is 1. The second kappa shape index (κ2) is 10.6. The third kappa shape index (κ3) is 5.02. The van der Waals surface area contributed by atoms with Gasteiger partial charge in [0.25, 0.3) is 0 Å². The molecular weight excluding hydrogens is 508 g/mol. The number of ether oxygens (including phenoxy) is 1. The largest absolute Gasteiger partial charge is 0.465 e. The summed E-state index contributed by atoms with van der Waals surface area (Å²) in [5, 5.41) is 17.4. The summed E-state index contributed by atoms with van der Waals surface area (Å²) in [5.41, 5.74) is 2.25. The molecule has 212 valence electrons. The average molecular weight is 547 g/mol. The molecule has 1 aromatic carbocycles. The Morgan fingerprint density at radius 3 is 2.27 bits per heavy atom. The molecule has 3 aromatic rings. The smallest absolute Gasteiger partial charge is 0.409 e. The lowest BCUT2D eigenvalue weighted by molar-refractivity contribution is 0.0303. The van der Waals surface area contributed by atoms with Gasteiger partial charge in [0.05, 0.1) is 29.8 Å². The fourth-order valence-corrected chi connectivity index (χ4v) is 7.02. The Labute approximate surface area is 234 Å². The fraction of sp³-hybridized carbons (Fsp3) is 0.586. The molecule has 5 heterocycles. The van der Waals surface area contributed by atoms with Gasteiger partial charge in [0.2, 0.25) is 0 Å². The second-order valence-electron chi connectivity index (χ2n) is 11.9. The first-order valence-corrected chi connectivity index (χ1v) is 14.7. The number of anilines is 2. The van der Waals surface area contributed by atoms with Gasteiger partial charge in [-0.25, -0.2) is 19.4 Å². The maximum Gasteiger partial charge on any atom is 0.409 e. The lowest BCUT2D eigenvalue weighted by atomic mass is 9.90. The Morgan fingerprint density at radius 1 is 0.925 bits per heavy atom. The van der Waals surface area contributed by atoms with Crippen LogP contribution in [0.25, 0.3) is 22.4 Å². The van der Waals surface area contributed by atoms with E-state index >= 15 is 0 Å². The van der Waals surface area contributed by atoms with Crippen molar-refractivity contribution in [3.63, 3.8) is 0 Å². The van der Waals surface area contributed by atoms with Crippen molar-refractivity contribution in [1.82, 2.24) is 29.5 Å². The van der Waals surface area contributed by atoms with Gasteiger partial charge in [-0.2, -0.15) is 5.10 Å². The molecule has 2 atom stereocenters. The number of benzene rings is 1. The summed E-state index contributed by atoms with van der Waals surface area (Å²) in [7, 11) is 2.21. The van der Waals surface area contributed by atoms with Crippen molar-refractivity contribution in [1.29, 1.82) is 0 Å². The molecule has 11 heteroatoms. The average Bonchev–Trinajstić information content (AvgIpc) is 3.55. The topological polar surface area (TPSA) is 112 Å². The summed E-state index contributed by atoms with van der Waals surface area (Å²) >= 11 is 0. The SMILES string of the molecule is CN1CCN(C2CCC(n3ncc4c(N5CC6CCC(C5)O6)nc(-c5ccc(NC(=O)O)cc5)nc43)CC2)CC1. The minimum absolute atomic E-state index is 0.244. The molecular formula is C29H38N8O3. The Kier molecular flexibility index (Phi) is 6.81. The normalized spacial score (nSPS) is 27.8. The number of piperazine rings is 1. The third-order valence-corrected chi connectivity index (χ3v) is 9.24. The predicted molar refractivity (Wildman–Crippen MR) is 153 cm³/mol. The number of rotatable bonds is 5. The molecule has 4 aliphatic rings. The van der Waals surface area contributed by atoms with E-state index < -0.39 is 6.09 Å². The lowest BCUT2D eigenvalue weighted by Crippen LogP contribution is -2.49. The molecule has 11 nitrogen and oxygen atoms in total.